The molecule has 3 aromatic rings. The molecule has 0 radical (unpaired) electrons. The molecule has 0 spiro atoms. The topological polar surface area (TPSA) is 54.8 Å². The largest absolute Gasteiger partial charge is 0.387 e. The lowest BCUT2D eigenvalue weighted by atomic mass is 9.99. The molecule has 2 aromatic heterocycles. The van der Waals surface area contributed by atoms with Gasteiger partial charge in [-0.05, 0) is 55.3 Å². The van der Waals surface area contributed by atoms with E-state index in [1.165, 1.54) is 5.69 Å². The average Bonchev–Trinajstić information content (AvgIpc) is 3.16. The second-order valence-corrected chi connectivity index (χ2v) is 7.53. The number of rotatable bonds is 8. The number of pyridine rings is 1. The lowest BCUT2D eigenvalue weighted by Gasteiger charge is -2.11. The number of halogens is 1. The highest BCUT2D eigenvalue weighted by Crippen LogP contribution is 2.27. The Balaban J connectivity index is 1.94. The summed E-state index contributed by atoms with van der Waals surface area (Å²) in [7, 11) is 1.84. The van der Waals surface area contributed by atoms with Crippen molar-refractivity contribution in [3.8, 4) is 11.1 Å². The molecular weight excluding hydrogens is 389 g/mol. The van der Waals surface area contributed by atoms with Crippen molar-refractivity contribution in [3.63, 3.8) is 0 Å². The Bertz CT molecular complexity index is 1160. The van der Waals surface area contributed by atoms with Crippen LogP contribution in [0.5, 0.6) is 0 Å². The fourth-order valence-corrected chi connectivity index (χ4v) is 3.83. The van der Waals surface area contributed by atoms with E-state index in [0.29, 0.717) is 12.1 Å². The Kier molecular flexibility index (Phi) is 7.45. The maximum absolute atomic E-state index is 15.0. The van der Waals surface area contributed by atoms with E-state index >= 15 is 0 Å². The van der Waals surface area contributed by atoms with E-state index in [4.69, 9.17) is 0 Å². The number of hydrogen-bond acceptors (Lipinski definition) is 4. The molecule has 5 nitrogen and oxygen atoms in total. The summed E-state index contributed by atoms with van der Waals surface area (Å²) in [4.78, 5) is 4.27. The van der Waals surface area contributed by atoms with Gasteiger partial charge in [0.25, 0.3) is 0 Å². The van der Waals surface area contributed by atoms with E-state index in [2.05, 4.69) is 46.7 Å². The van der Waals surface area contributed by atoms with Gasteiger partial charge >= 0.3 is 0 Å². The maximum Gasteiger partial charge on any atom is 0.148 e. The smallest absolute Gasteiger partial charge is 0.148 e. The number of anilines is 2. The third kappa shape index (κ3) is 4.95. The molecular formula is C25H32FN5. The van der Waals surface area contributed by atoms with Gasteiger partial charge in [-0.2, -0.15) is 5.10 Å². The van der Waals surface area contributed by atoms with Crippen molar-refractivity contribution in [2.75, 3.05) is 24.2 Å². The van der Waals surface area contributed by atoms with E-state index in [1.54, 1.807) is 18.5 Å². The minimum absolute atomic E-state index is 0.248. The highest BCUT2D eigenvalue weighted by Gasteiger charge is 2.11. The Morgan fingerprint density at radius 3 is 2.58 bits per heavy atom. The number of hydrogen-bond donors (Lipinski definition) is 2. The van der Waals surface area contributed by atoms with Crippen molar-refractivity contribution < 1.29 is 4.39 Å². The molecule has 0 amide bonds. The zero-order valence-corrected chi connectivity index (χ0v) is 19.1. The Morgan fingerprint density at radius 1 is 1.10 bits per heavy atom. The van der Waals surface area contributed by atoms with Crippen LogP contribution in [0.4, 0.5) is 15.9 Å². The SMILES string of the molecule is C/C=c1/cc(F)c(-c2cncc(NC)c2C)c/c1=C/CNc1cc(CCC)n(CC)n1. The summed E-state index contributed by atoms with van der Waals surface area (Å²) in [5.74, 6) is 0.620. The zero-order chi connectivity index (χ0) is 22.4. The molecule has 0 fully saturated rings. The molecule has 0 atom stereocenters. The maximum atomic E-state index is 15.0. The number of nitrogens with one attached hydrogen (secondary N) is 2. The highest BCUT2D eigenvalue weighted by molar-refractivity contribution is 5.73. The zero-order valence-electron chi connectivity index (χ0n) is 19.1. The first-order chi connectivity index (χ1) is 15.0. The molecule has 164 valence electrons. The first kappa shape index (κ1) is 22.5. The van der Waals surface area contributed by atoms with E-state index < -0.39 is 0 Å². The molecule has 0 saturated carbocycles. The van der Waals surface area contributed by atoms with Gasteiger partial charge in [-0.25, -0.2) is 4.39 Å². The lowest BCUT2D eigenvalue weighted by molar-refractivity contribution is 0.617. The van der Waals surface area contributed by atoms with E-state index in [1.807, 2.05) is 37.7 Å². The summed E-state index contributed by atoms with van der Waals surface area (Å²) in [6, 6.07) is 5.61. The van der Waals surface area contributed by atoms with Crippen LogP contribution in [-0.2, 0) is 13.0 Å². The number of nitrogens with zero attached hydrogens (tertiary/aromatic N) is 3. The average molecular weight is 422 g/mol. The van der Waals surface area contributed by atoms with Gasteiger partial charge in [0.15, 0.2) is 0 Å². The third-order valence-electron chi connectivity index (χ3n) is 5.53. The predicted octanol–water partition coefficient (Wildman–Crippen LogP) is 4.10. The summed E-state index contributed by atoms with van der Waals surface area (Å²) in [5, 5.41) is 13.0. The van der Waals surface area contributed by atoms with Gasteiger partial charge in [0.05, 0.1) is 11.9 Å². The van der Waals surface area contributed by atoms with Gasteiger partial charge in [-0.15, -0.1) is 0 Å². The van der Waals surface area contributed by atoms with E-state index in [0.717, 1.165) is 52.5 Å². The molecule has 0 bridgehead atoms. The first-order valence-corrected chi connectivity index (χ1v) is 10.9. The summed E-state index contributed by atoms with van der Waals surface area (Å²) in [6.45, 7) is 9.64. The van der Waals surface area contributed by atoms with Crippen LogP contribution in [0.25, 0.3) is 23.3 Å². The summed E-state index contributed by atoms with van der Waals surface area (Å²) in [6.07, 6.45) is 9.59. The predicted molar refractivity (Wildman–Crippen MR) is 128 cm³/mol. The van der Waals surface area contributed by atoms with Crippen LogP contribution in [0.2, 0.25) is 0 Å². The van der Waals surface area contributed by atoms with Crippen molar-refractivity contribution in [3.05, 3.63) is 58.1 Å². The molecule has 2 heterocycles. The summed E-state index contributed by atoms with van der Waals surface area (Å²) >= 11 is 0. The second-order valence-electron chi connectivity index (χ2n) is 7.53. The lowest BCUT2D eigenvalue weighted by Crippen LogP contribution is -2.26. The van der Waals surface area contributed by atoms with Crippen LogP contribution in [0.15, 0.2) is 30.6 Å². The Hall–Kier alpha value is -3.15. The Labute approximate surface area is 183 Å². The quantitative estimate of drug-likeness (QED) is 0.575. The molecule has 6 heteroatoms. The molecule has 0 aliphatic carbocycles. The van der Waals surface area contributed by atoms with Crippen molar-refractivity contribution in [1.29, 1.82) is 0 Å². The third-order valence-corrected chi connectivity index (χ3v) is 5.53. The highest BCUT2D eigenvalue weighted by atomic mass is 19.1. The van der Waals surface area contributed by atoms with Crippen molar-refractivity contribution >= 4 is 23.7 Å². The van der Waals surface area contributed by atoms with Crippen LogP contribution in [0, 0.1) is 12.7 Å². The first-order valence-electron chi connectivity index (χ1n) is 10.9. The molecule has 3 rings (SSSR count). The van der Waals surface area contributed by atoms with E-state index in [9.17, 15) is 4.39 Å². The van der Waals surface area contributed by atoms with Crippen molar-refractivity contribution in [2.45, 2.75) is 47.1 Å². The fraction of sp³-hybridized carbons (Fsp3) is 0.360. The Morgan fingerprint density at radius 2 is 1.90 bits per heavy atom. The normalized spacial score (nSPS) is 12.5. The molecule has 0 saturated heterocycles. The van der Waals surface area contributed by atoms with Crippen molar-refractivity contribution in [2.24, 2.45) is 0 Å². The van der Waals surface area contributed by atoms with Crippen LogP contribution >= 0.6 is 0 Å². The number of benzene rings is 1. The number of aryl methyl sites for hydroxylation is 2. The summed E-state index contributed by atoms with van der Waals surface area (Å²) < 4.78 is 17.0. The molecule has 1 aromatic carbocycles. The molecule has 31 heavy (non-hydrogen) atoms. The van der Waals surface area contributed by atoms with E-state index in [-0.39, 0.29) is 5.82 Å². The minimum atomic E-state index is -0.248. The van der Waals surface area contributed by atoms with Gasteiger partial charge in [0.2, 0.25) is 0 Å². The molecule has 0 unspecified atom stereocenters. The molecule has 2 N–H and O–H groups in total. The van der Waals surface area contributed by atoms with Crippen LogP contribution in [-0.4, -0.2) is 28.4 Å². The molecule has 0 aliphatic rings. The molecule has 0 aliphatic heterocycles. The van der Waals surface area contributed by atoms with Gasteiger partial charge in [-0.3, -0.25) is 9.67 Å². The van der Waals surface area contributed by atoms with Gasteiger partial charge < -0.3 is 10.6 Å². The fourth-order valence-electron chi connectivity index (χ4n) is 3.83. The van der Waals surface area contributed by atoms with Crippen LogP contribution < -0.4 is 21.1 Å². The van der Waals surface area contributed by atoms with Gasteiger partial charge in [-0.1, -0.05) is 25.5 Å². The number of aromatic nitrogens is 3. The van der Waals surface area contributed by atoms with Crippen LogP contribution in [0.3, 0.4) is 0 Å². The van der Waals surface area contributed by atoms with Gasteiger partial charge in [0, 0.05) is 49.2 Å². The standard InChI is InChI=1S/C25H32FN5/c1-6-9-20-14-25(30-31(20)8-3)29-11-10-19-12-21(23(26)13-18(19)7-2)22-15-28-16-24(27-5)17(22)4/h7,10,12-16,27H,6,8-9,11H2,1-5H3,(H,29,30)/b18-7-,19-10-. The van der Waals surface area contributed by atoms with Crippen LogP contribution in [0.1, 0.15) is 38.4 Å². The monoisotopic (exact) mass is 421 g/mol. The summed E-state index contributed by atoms with van der Waals surface area (Å²) in [5.41, 5.74) is 4.46. The second kappa shape index (κ2) is 10.2. The minimum Gasteiger partial charge on any atom is -0.387 e. The van der Waals surface area contributed by atoms with Gasteiger partial charge in [0.1, 0.15) is 11.6 Å². The van der Waals surface area contributed by atoms with Crippen molar-refractivity contribution in [1.82, 2.24) is 14.8 Å².